The number of ether oxygens (including phenoxy) is 1. The van der Waals surface area contributed by atoms with Crippen molar-refractivity contribution in [3.05, 3.63) is 81.0 Å². The number of benzene rings is 2. The molecule has 0 amide bonds. The average Bonchev–Trinajstić information content (AvgIpc) is 3.24. The first-order valence-corrected chi connectivity index (χ1v) is 10.7. The maximum atomic E-state index is 6.31. The third-order valence-electron chi connectivity index (χ3n) is 4.99. The van der Waals surface area contributed by atoms with E-state index in [1.807, 2.05) is 35.7 Å². The van der Waals surface area contributed by atoms with Crippen molar-refractivity contribution in [3.63, 3.8) is 0 Å². The van der Waals surface area contributed by atoms with Crippen LogP contribution in [-0.4, -0.2) is 37.9 Å². The van der Waals surface area contributed by atoms with Gasteiger partial charge in [0, 0.05) is 34.9 Å². The molecule has 2 aliphatic rings. The SMILES string of the molecule is Clc1ccc2c(c1)C(c1ccc(N3CCOCC3)cc1)=NNC(c1cccs1)=N2. The van der Waals surface area contributed by atoms with Gasteiger partial charge in [0.1, 0.15) is 5.71 Å². The van der Waals surface area contributed by atoms with Crippen LogP contribution in [0.5, 0.6) is 0 Å². The summed E-state index contributed by atoms with van der Waals surface area (Å²) in [5, 5.41) is 7.40. The molecule has 29 heavy (non-hydrogen) atoms. The Morgan fingerprint density at radius 1 is 1.03 bits per heavy atom. The number of thiophene rings is 1. The molecule has 0 radical (unpaired) electrons. The monoisotopic (exact) mass is 422 g/mol. The summed E-state index contributed by atoms with van der Waals surface area (Å²) < 4.78 is 5.45. The van der Waals surface area contributed by atoms with E-state index in [0.29, 0.717) is 5.02 Å². The minimum absolute atomic E-state index is 0.663. The first-order valence-electron chi connectivity index (χ1n) is 9.47. The fourth-order valence-corrected chi connectivity index (χ4v) is 4.34. The number of morpholine rings is 1. The second-order valence-corrected chi connectivity index (χ2v) is 8.20. The number of fused-ring (bicyclic) bond motifs is 1. The number of nitrogens with zero attached hydrogens (tertiary/aromatic N) is 3. The Labute approximate surface area is 178 Å². The summed E-state index contributed by atoms with van der Waals surface area (Å²) in [5.74, 6) is 0.739. The molecule has 0 aliphatic carbocycles. The molecule has 1 fully saturated rings. The van der Waals surface area contributed by atoms with Crippen molar-refractivity contribution in [1.82, 2.24) is 5.43 Å². The molecule has 1 saturated heterocycles. The summed E-state index contributed by atoms with van der Waals surface area (Å²) in [7, 11) is 0. The highest BCUT2D eigenvalue weighted by Gasteiger charge is 2.19. The zero-order valence-electron chi connectivity index (χ0n) is 15.6. The normalized spacial score (nSPS) is 16.4. The number of aliphatic imine (C=N–C) groups is 1. The highest BCUT2D eigenvalue weighted by Crippen LogP contribution is 2.29. The number of rotatable bonds is 3. The summed E-state index contributed by atoms with van der Waals surface area (Å²) in [6.45, 7) is 3.37. The summed E-state index contributed by atoms with van der Waals surface area (Å²) in [6.07, 6.45) is 0. The van der Waals surface area contributed by atoms with E-state index < -0.39 is 0 Å². The molecule has 3 heterocycles. The van der Waals surface area contributed by atoms with Crippen LogP contribution >= 0.6 is 22.9 Å². The number of nitrogens with one attached hydrogen (secondary N) is 1. The Morgan fingerprint density at radius 2 is 1.86 bits per heavy atom. The lowest BCUT2D eigenvalue weighted by atomic mass is 10.0. The van der Waals surface area contributed by atoms with Gasteiger partial charge in [0.05, 0.1) is 23.8 Å². The molecule has 0 spiro atoms. The molecule has 146 valence electrons. The molecule has 2 aliphatic heterocycles. The van der Waals surface area contributed by atoms with E-state index in [2.05, 4.69) is 34.6 Å². The predicted molar refractivity (Wildman–Crippen MR) is 120 cm³/mol. The number of hydrogen-bond donors (Lipinski definition) is 1. The molecule has 3 aromatic rings. The van der Waals surface area contributed by atoms with Gasteiger partial charge in [-0.05, 0) is 41.8 Å². The number of halogens is 1. The average molecular weight is 423 g/mol. The van der Waals surface area contributed by atoms with E-state index in [-0.39, 0.29) is 0 Å². The maximum absolute atomic E-state index is 6.31. The van der Waals surface area contributed by atoms with E-state index in [1.54, 1.807) is 11.3 Å². The van der Waals surface area contributed by atoms with Crippen molar-refractivity contribution in [3.8, 4) is 0 Å². The topological polar surface area (TPSA) is 49.2 Å². The van der Waals surface area contributed by atoms with Crippen molar-refractivity contribution in [1.29, 1.82) is 0 Å². The molecule has 0 bridgehead atoms. The zero-order chi connectivity index (χ0) is 19.6. The Hall–Kier alpha value is -2.67. The summed E-state index contributed by atoms with van der Waals surface area (Å²) in [5.41, 5.74) is 7.95. The van der Waals surface area contributed by atoms with Gasteiger partial charge in [-0.3, -0.25) is 5.43 Å². The number of hydrogen-bond acceptors (Lipinski definition) is 6. The molecule has 0 unspecified atom stereocenters. The van der Waals surface area contributed by atoms with Gasteiger partial charge in [-0.1, -0.05) is 29.8 Å². The van der Waals surface area contributed by atoms with E-state index >= 15 is 0 Å². The van der Waals surface area contributed by atoms with E-state index in [0.717, 1.165) is 59.5 Å². The molecule has 0 atom stereocenters. The predicted octanol–water partition coefficient (Wildman–Crippen LogP) is 4.67. The zero-order valence-corrected chi connectivity index (χ0v) is 17.2. The number of hydrazone groups is 1. The Kier molecular flexibility index (Phi) is 5.06. The van der Waals surface area contributed by atoms with Gasteiger partial charge in [-0.2, -0.15) is 5.10 Å². The van der Waals surface area contributed by atoms with Gasteiger partial charge in [0.15, 0.2) is 5.84 Å². The van der Waals surface area contributed by atoms with Gasteiger partial charge in [-0.25, -0.2) is 4.99 Å². The largest absolute Gasteiger partial charge is 0.378 e. The quantitative estimate of drug-likeness (QED) is 0.667. The van der Waals surface area contributed by atoms with E-state index in [9.17, 15) is 0 Å². The molecule has 0 saturated carbocycles. The first kappa shape index (κ1) is 18.4. The van der Waals surface area contributed by atoms with Crippen LogP contribution in [0, 0.1) is 0 Å². The molecular weight excluding hydrogens is 404 g/mol. The van der Waals surface area contributed by atoms with Crippen molar-refractivity contribution in [2.45, 2.75) is 0 Å². The van der Waals surface area contributed by atoms with Crippen molar-refractivity contribution >= 4 is 45.9 Å². The highest BCUT2D eigenvalue weighted by molar-refractivity contribution is 7.12. The lowest BCUT2D eigenvalue weighted by molar-refractivity contribution is 0.122. The van der Waals surface area contributed by atoms with Gasteiger partial charge < -0.3 is 9.64 Å². The Balaban J connectivity index is 1.52. The fraction of sp³-hybridized carbons (Fsp3) is 0.182. The smallest absolute Gasteiger partial charge is 0.164 e. The molecule has 2 aromatic carbocycles. The van der Waals surface area contributed by atoms with E-state index in [1.165, 1.54) is 5.69 Å². The summed E-state index contributed by atoms with van der Waals surface area (Å²) in [4.78, 5) is 8.19. The van der Waals surface area contributed by atoms with Crippen LogP contribution < -0.4 is 10.3 Å². The minimum Gasteiger partial charge on any atom is -0.378 e. The van der Waals surface area contributed by atoms with Gasteiger partial charge in [0.2, 0.25) is 0 Å². The van der Waals surface area contributed by atoms with E-state index in [4.69, 9.17) is 26.4 Å². The van der Waals surface area contributed by atoms with Crippen LogP contribution in [-0.2, 0) is 4.74 Å². The third kappa shape index (κ3) is 3.79. The van der Waals surface area contributed by atoms with Crippen LogP contribution in [0.4, 0.5) is 11.4 Å². The Bertz CT molecular complexity index is 1070. The standard InChI is InChI=1S/C22H19ClN4OS/c23-16-5-8-19-18(14-16)21(25-26-22(24-19)20-2-1-13-29-20)15-3-6-17(7-4-15)27-9-11-28-12-10-27/h1-8,13-14H,9-12H2,(H,24,26). The number of anilines is 1. The van der Waals surface area contributed by atoms with Crippen molar-refractivity contribution < 1.29 is 4.74 Å². The summed E-state index contributed by atoms with van der Waals surface area (Å²) >= 11 is 7.93. The van der Waals surface area contributed by atoms with Gasteiger partial charge >= 0.3 is 0 Å². The lowest BCUT2D eigenvalue weighted by Crippen LogP contribution is -2.36. The Morgan fingerprint density at radius 3 is 2.62 bits per heavy atom. The molecule has 5 rings (SSSR count). The van der Waals surface area contributed by atoms with Crippen LogP contribution in [0.2, 0.25) is 5.02 Å². The van der Waals surface area contributed by atoms with Crippen LogP contribution in [0.1, 0.15) is 16.0 Å². The van der Waals surface area contributed by atoms with Gasteiger partial charge in [-0.15, -0.1) is 11.3 Å². The lowest BCUT2D eigenvalue weighted by Gasteiger charge is -2.29. The number of amidine groups is 1. The third-order valence-corrected chi connectivity index (χ3v) is 6.10. The molecule has 1 aromatic heterocycles. The fourth-order valence-electron chi connectivity index (χ4n) is 3.51. The summed E-state index contributed by atoms with van der Waals surface area (Å²) in [6, 6.07) is 18.2. The molecule has 1 N–H and O–H groups in total. The van der Waals surface area contributed by atoms with Crippen molar-refractivity contribution in [2.24, 2.45) is 10.1 Å². The van der Waals surface area contributed by atoms with Crippen LogP contribution in [0.15, 0.2) is 70.1 Å². The van der Waals surface area contributed by atoms with Crippen LogP contribution in [0.3, 0.4) is 0 Å². The van der Waals surface area contributed by atoms with Gasteiger partial charge in [0.25, 0.3) is 0 Å². The van der Waals surface area contributed by atoms with Crippen LogP contribution in [0.25, 0.3) is 0 Å². The second-order valence-electron chi connectivity index (χ2n) is 6.82. The highest BCUT2D eigenvalue weighted by atomic mass is 35.5. The minimum atomic E-state index is 0.663. The maximum Gasteiger partial charge on any atom is 0.164 e. The van der Waals surface area contributed by atoms with Crippen molar-refractivity contribution in [2.75, 3.05) is 31.2 Å². The first-order chi connectivity index (χ1) is 14.3. The second kappa shape index (κ2) is 7.99. The molecule has 5 nitrogen and oxygen atoms in total. The molecule has 7 heteroatoms. The molecular formula is C22H19ClN4OS.